The number of hydrogen-bond donors (Lipinski definition) is 1. The summed E-state index contributed by atoms with van der Waals surface area (Å²) in [6.07, 6.45) is 3.44. The molecule has 78 valence electrons. The minimum atomic E-state index is -0.171. The number of nitrogens with two attached hydrogens (primary N) is 1. The quantitative estimate of drug-likeness (QED) is 0.766. The first kappa shape index (κ1) is 11.5. The van der Waals surface area contributed by atoms with Crippen molar-refractivity contribution in [3.05, 3.63) is 35.6 Å². The summed E-state index contributed by atoms with van der Waals surface area (Å²) in [5.41, 5.74) is 7.14. The van der Waals surface area contributed by atoms with Crippen LogP contribution < -0.4 is 5.73 Å². The number of hydrogen-bond acceptors (Lipinski definition) is 1. The van der Waals surface area contributed by atoms with Crippen molar-refractivity contribution in [3.63, 3.8) is 0 Å². The van der Waals surface area contributed by atoms with Crippen molar-refractivity contribution in [3.8, 4) is 0 Å². The van der Waals surface area contributed by atoms with Crippen LogP contribution in [0.2, 0.25) is 0 Å². The molecule has 1 aliphatic rings. The standard InChI is InChI=1S/C11H14FN.ClH/c12-9-6-4-8(5-7-9)10-2-1-3-11(10)13;/h4-7,10-11H,1-3,13H2;1H/t10-,11+;/m0./s1. The van der Waals surface area contributed by atoms with E-state index < -0.39 is 0 Å². The van der Waals surface area contributed by atoms with Gasteiger partial charge in [0.05, 0.1) is 0 Å². The Labute approximate surface area is 89.9 Å². The van der Waals surface area contributed by atoms with Crippen molar-refractivity contribution >= 4 is 12.4 Å². The SMILES string of the molecule is Cl.N[C@@H]1CCC[C@H]1c1ccc(F)cc1. The first-order chi connectivity index (χ1) is 6.27. The number of rotatable bonds is 1. The molecule has 0 heterocycles. The van der Waals surface area contributed by atoms with E-state index in [0.29, 0.717) is 5.92 Å². The van der Waals surface area contributed by atoms with E-state index in [4.69, 9.17) is 5.73 Å². The van der Waals surface area contributed by atoms with E-state index in [-0.39, 0.29) is 24.3 Å². The third kappa shape index (κ3) is 2.25. The summed E-state index contributed by atoms with van der Waals surface area (Å²) in [6, 6.07) is 7.00. The Kier molecular flexibility index (Phi) is 3.90. The third-order valence-corrected chi connectivity index (χ3v) is 2.87. The van der Waals surface area contributed by atoms with Gasteiger partial charge in [-0.2, -0.15) is 0 Å². The predicted octanol–water partition coefficient (Wildman–Crippen LogP) is 2.84. The Morgan fingerprint density at radius 1 is 1.14 bits per heavy atom. The highest BCUT2D eigenvalue weighted by Gasteiger charge is 2.24. The molecule has 0 amide bonds. The molecule has 14 heavy (non-hydrogen) atoms. The van der Waals surface area contributed by atoms with Crippen molar-refractivity contribution in [1.82, 2.24) is 0 Å². The van der Waals surface area contributed by atoms with Gasteiger partial charge in [-0.1, -0.05) is 18.6 Å². The van der Waals surface area contributed by atoms with Crippen molar-refractivity contribution in [1.29, 1.82) is 0 Å². The van der Waals surface area contributed by atoms with Crippen LogP contribution in [-0.4, -0.2) is 6.04 Å². The van der Waals surface area contributed by atoms with Crippen LogP contribution in [0.3, 0.4) is 0 Å². The number of halogens is 2. The lowest BCUT2D eigenvalue weighted by molar-refractivity contribution is 0.603. The van der Waals surface area contributed by atoms with Crippen LogP contribution in [0.5, 0.6) is 0 Å². The zero-order valence-electron chi connectivity index (χ0n) is 7.95. The normalized spacial score (nSPS) is 25.9. The molecule has 1 aliphatic carbocycles. The molecule has 0 radical (unpaired) electrons. The van der Waals surface area contributed by atoms with E-state index in [1.807, 2.05) is 12.1 Å². The second-order valence-electron chi connectivity index (χ2n) is 3.75. The van der Waals surface area contributed by atoms with Gasteiger partial charge in [0.1, 0.15) is 5.82 Å². The van der Waals surface area contributed by atoms with Crippen molar-refractivity contribution in [2.24, 2.45) is 5.73 Å². The third-order valence-electron chi connectivity index (χ3n) is 2.87. The van der Waals surface area contributed by atoms with E-state index in [9.17, 15) is 4.39 Å². The van der Waals surface area contributed by atoms with E-state index in [1.54, 1.807) is 0 Å². The summed E-state index contributed by atoms with van der Waals surface area (Å²) < 4.78 is 12.6. The molecule has 0 bridgehead atoms. The van der Waals surface area contributed by atoms with E-state index in [1.165, 1.54) is 24.1 Å². The fraction of sp³-hybridized carbons (Fsp3) is 0.455. The molecule has 1 aromatic carbocycles. The molecule has 2 N–H and O–H groups in total. The fourth-order valence-electron chi connectivity index (χ4n) is 2.11. The van der Waals surface area contributed by atoms with Gasteiger partial charge in [-0.05, 0) is 36.5 Å². The van der Waals surface area contributed by atoms with Gasteiger partial charge in [-0.25, -0.2) is 4.39 Å². The topological polar surface area (TPSA) is 26.0 Å². The highest BCUT2D eigenvalue weighted by Crippen LogP contribution is 2.33. The molecule has 2 rings (SSSR count). The molecule has 1 nitrogen and oxygen atoms in total. The summed E-state index contributed by atoms with van der Waals surface area (Å²) in [5.74, 6) is 0.274. The average molecular weight is 216 g/mol. The van der Waals surface area contributed by atoms with Crippen LogP contribution in [0, 0.1) is 5.82 Å². The van der Waals surface area contributed by atoms with Gasteiger partial charge in [0, 0.05) is 6.04 Å². The molecule has 0 spiro atoms. The van der Waals surface area contributed by atoms with Crippen molar-refractivity contribution < 1.29 is 4.39 Å². The summed E-state index contributed by atoms with van der Waals surface area (Å²) in [4.78, 5) is 0. The second-order valence-corrected chi connectivity index (χ2v) is 3.75. The first-order valence-electron chi connectivity index (χ1n) is 4.78. The van der Waals surface area contributed by atoms with Gasteiger partial charge in [-0.15, -0.1) is 12.4 Å². The molecular weight excluding hydrogens is 201 g/mol. The molecule has 0 aliphatic heterocycles. The lowest BCUT2D eigenvalue weighted by atomic mass is 9.95. The monoisotopic (exact) mass is 215 g/mol. The Morgan fingerprint density at radius 3 is 2.29 bits per heavy atom. The molecule has 1 aromatic rings. The van der Waals surface area contributed by atoms with Crippen molar-refractivity contribution in [2.45, 2.75) is 31.2 Å². The molecule has 0 aromatic heterocycles. The van der Waals surface area contributed by atoms with Gasteiger partial charge in [0.25, 0.3) is 0 Å². The Hall–Kier alpha value is -0.600. The average Bonchev–Trinajstić information content (AvgIpc) is 2.53. The molecule has 1 fully saturated rings. The fourth-order valence-corrected chi connectivity index (χ4v) is 2.11. The van der Waals surface area contributed by atoms with Gasteiger partial charge < -0.3 is 5.73 Å². The zero-order valence-corrected chi connectivity index (χ0v) is 8.77. The lowest BCUT2D eigenvalue weighted by Gasteiger charge is -2.15. The highest BCUT2D eigenvalue weighted by atomic mass is 35.5. The minimum Gasteiger partial charge on any atom is -0.327 e. The largest absolute Gasteiger partial charge is 0.327 e. The van der Waals surface area contributed by atoms with Crippen LogP contribution in [0.1, 0.15) is 30.7 Å². The Balaban J connectivity index is 0.000000980. The van der Waals surface area contributed by atoms with E-state index in [2.05, 4.69) is 0 Å². The van der Waals surface area contributed by atoms with Crippen LogP contribution >= 0.6 is 12.4 Å². The van der Waals surface area contributed by atoms with Gasteiger partial charge in [0.2, 0.25) is 0 Å². The molecule has 0 unspecified atom stereocenters. The minimum absolute atomic E-state index is 0. The van der Waals surface area contributed by atoms with Gasteiger partial charge >= 0.3 is 0 Å². The smallest absolute Gasteiger partial charge is 0.123 e. The molecule has 0 saturated heterocycles. The number of benzene rings is 1. The van der Waals surface area contributed by atoms with E-state index >= 15 is 0 Å². The van der Waals surface area contributed by atoms with Crippen molar-refractivity contribution in [2.75, 3.05) is 0 Å². The van der Waals surface area contributed by atoms with Gasteiger partial charge in [0.15, 0.2) is 0 Å². The van der Waals surface area contributed by atoms with Crippen LogP contribution in [0.15, 0.2) is 24.3 Å². The lowest BCUT2D eigenvalue weighted by Crippen LogP contribution is -2.22. The molecular formula is C11H15ClFN. The van der Waals surface area contributed by atoms with Crippen LogP contribution in [-0.2, 0) is 0 Å². The maximum absolute atomic E-state index is 12.6. The maximum atomic E-state index is 12.6. The Morgan fingerprint density at radius 2 is 1.79 bits per heavy atom. The molecule has 3 heteroatoms. The summed E-state index contributed by atoms with van der Waals surface area (Å²) in [7, 11) is 0. The second kappa shape index (κ2) is 4.76. The summed E-state index contributed by atoms with van der Waals surface area (Å²) in [5, 5.41) is 0. The summed E-state index contributed by atoms with van der Waals surface area (Å²) >= 11 is 0. The van der Waals surface area contributed by atoms with Crippen LogP contribution in [0.25, 0.3) is 0 Å². The highest BCUT2D eigenvalue weighted by molar-refractivity contribution is 5.85. The predicted molar refractivity (Wildman–Crippen MR) is 58.2 cm³/mol. The molecule has 2 atom stereocenters. The molecule has 1 saturated carbocycles. The Bertz CT molecular complexity index is 286. The first-order valence-corrected chi connectivity index (χ1v) is 4.78. The van der Waals surface area contributed by atoms with E-state index in [0.717, 1.165) is 12.8 Å². The zero-order chi connectivity index (χ0) is 9.26. The summed E-state index contributed by atoms with van der Waals surface area (Å²) in [6.45, 7) is 0. The maximum Gasteiger partial charge on any atom is 0.123 e. The van der Waals surface area contributed by atoms with Gasteiger partial charge in [-0.3, -0.25) is 0 Å². The van der Waals surface area contributed by atoms with Crippen LogP contribution in [0.4, 0.5) is 4.39 Å².